The second-order valence-electron chi connectivity index (χ2n) is 15.0. The smallest absolute Gasteiger partial charge is 0.417 e. The monoisotopic (exact) mass is 822 g/mol. The standard InChI is InChI=1S/C39H36F6N10O2S/c1-4-53(28-8-11-54(19(28)2)37(56)55-17-22(14-46)49-20(55)3)35-24-12-26(39(43,44)45)30(23-6-7-27(41)33-29(23)25(15-47)34(48)58-33)31(42)32(24)50-36(51-35)57-18-38-9-5-10-52(38)16-21(40)13-38/h6-7,12,17,19,21,28H,4-5,8-11,13,16,18,48H2,1-3H3/t19-,21-,28-,38+/m1/s1. The molecule has 2 N–H and O–H groups in total. The van der Waals surface area contributed by atoms with Crippen molar-refractivity contribution >= 4 is 49.2 Å². The number of amides is 1. The zero-order chi connectivity index (χ0) is 41.4. The number of carbonyl (C=O) groups excluding carboxylic acids is 1. The molecule has 0 saturated carbocycles. The quantitative estimate of drug-likeness (QED) is 0.163. The maximum absolute atomic E-state index is 17.4. The molecule has 3 aliphatic rings. The summed E-state index contributed by atoms with van der Waals surface area (Å²) in [6.45, 7) is 6.30. The summed E-state index contributed by atoms with van der Waals surface area (Å²) in [6, 6.07) is 4.44. The van der Waals surface area contributed by atoms with E-state index >= 15 is 22.0 Å². The molecule has 3 saturated heterocycles. The second-order valence-corrected chi connectivity index (χ2v) is 16.0. The molecule has 4 atom stereocenters. The van der Waals surface area contributed by atoms with Crippen LogP contribution in [0.5, 0.6) is 6.01 Å². The van der Waals surface area contributed by atoms with Crippen LogP contribution in [0.2, 0.25) is 0 Å². The zero-order valence-electron chi connectivity index (χ0n) is 31.5. The fourth-order valence-electron chi connectivity index (χ4n) is 9.13. The largest absolute Gasteiger partial charge is 0.461 e. The molecule has 3 fully saturated rings. The van der Waals surface area contributed by atoms with Crippen molar-refractivity contribution in [2.45, 2.75) is 76.4 Å². The van der Waals surface area contributed by atoms with Crippen molar-refractivity contribution in [2.24, 2.45) is 0 Å². The second kappa shape index (κ2) is 14.3. The highest BCUT2D eigenvalue weighted by atomic mass is 32.1. The summed E-state index contributed by atoms with van der Waals surface area (Å²) in [5, 5.41) is 18.5. The van der Waals surface area contributed by atoms with Crippen molar-refractivity contribution in [1.82, 2.24) is 29.3 Å². The number of benzene rings is 2. The lowest BCUT2D eigenvalue weighted by Crippen LogP contribution is -2.47. The van der Waals surface area contributed by atoms with Gasteiger partial charge in [-0.05, 0) is 64.3 Å². The van der Waals surface area contributed by atoms with Gasteiger partial charge in [-0.3, -0.25) is 9.47 Å². The van der Waals surface area contributed by atoms with Crippen molar-refractivity contribution in [3.8, 4) is 29.3 Å². The molecular weight excluding hydrogens is 787 g/mol. The van der Waals surface area contributed by atoms with Crippen molar-refractivity contribution in [3.63, 3.8) is 0 Å². The molecule has 5 aromatic rings. The highest BCUT2D eigenvalue weighted by Crippen LogP contribution is 2.49. The first-order chi connectivity index (χ1) is 27.6. The molecule has 0 radical (unpaired) electrons. The average molecular weight is 823 g/mol. The summed E-state index contributed by atoms with van der Waals surface area (Å²) in [4.78, 5) is 32.1. The van der Waals surface area contributed by atoms with Crippen LogP contribution in [0, 0.1) is 41.2 Å². The van der Waals surface area contributed by atoms with E-state index in [0.29, 0.717) is 36.5 Å². The van der Waals surface area contributed by atoms with Crippen LogP contribution in [0.15, 0.2) is 24.4 Å². The third-order valence-corrected chi connectivity index (χ3v) is 12.8. The van der Waals surface area contributed by atoms with E-state index < -0.39 is 69.8 Å². The predicted octanol–water partition coefficient (Wildman–Crippen LogP) is 7.55. The van der Waals surface area contributed by atoms with Crippen LogP contribution in [-0.2, 0) is 6.18 Å². The summed E-state index contributed by atoms with van der Waals surface area (Å²) in [7, 11) is 0. The number of anilines is 2. The minimum Gasteiger partial charge on any atom is -0.461 e. The topological polar surface area (TPSA) is 153 Å². The van der Waals surface area contributed by atoms with E-state index in [1.165, 1.54) is 10.8 Å². The van der Waals surface area contributed by atoms with Gasteiger partial charge in [-0.2, -0.15) is 33.7 Å². The maximum atomic E-state index is 17.4. The van der Waals surface area contributed by atoms with Crippen LogP contribution in [0.1, 0.15) is 62.2 Å². The number of alkyl halides is 4. The number of aromatic nitrogens is 4. The van der Waals surface area contributed by atoms with Gasteiger partial charge in [-0.1, -0.05) is 6.07 Å². The van der Waals surface area contributed by atoms with Gasteiger partial charge in [-0.15, -0.1) is 11.3 Å². The number of hydrogen-bond donors (Lipinski definition) is 1. The predicted molar refractivity (Wildman–Crippen MR) is 203 cm³/mol. The van der Waals surface area contributed by atoms with Crippen LogP contribution in [0.4, 0.5) is 42.0 Å². The van der Waals surface area contributed by atoms with Crippen molar-refractivity contribution in [2.75, 3.05) is 43.4 Å². The Kier molecular flexibility index (Phi) is 9.67. The number of nitrogen functional groups attached to an aromatic ring is 1. The number of likely N-dealkylation sites (N-methyl/N-ethyl adjacent to an activating group) is 1. The molecule has 302 valence electrons. The number of carbonyl (C=O) groups is 1. The first-order valence-electron chi connectivity index (χ1n) is 18.7. The average Bonchev–Trinajstić information content (AvgIpc) is 3.99. The lowest BCUT2D eigenvalue weighted by atomic mass is 9.92. The minimum absolute atomic E-state index is 0.0545. The van der Waals surface area contributed by atoms with Crippen LogP contribution < -0.4 is 15.4 Å². The number of nitrogens with two attached hydrogens (primary N) is 1. The summed E-state index contributed by atoms with van der Waals surface area (Å²) >= 11 is 0.664. The van der Waals surface area contributed by atoms with Gasteiger partial charge in [0.25, 0.3) is 0 Å². The number of fused-ring (bicyclic) bond motifs is 3. The number of imidazole rings is 1. The molecule has 0 unspecified atom stereocenters. The van der Waals surface area contributed by atoms with E-state index in [9.17, 15) is 19.7 Å². The normalized spacial score (nSPS) is 22.1. The third-order valence-electron chi connectivity index (χ3n) is 11.8. The van der Waals surface area contributed by atoms with Gasteiger partial charge in [0.15, 0.2) is 11.5 Å². The van der Waals surface area contributed by atoms with E-state index in [1.807, 2.05) is 17.0 Å². The zero-order valence-corrected chi connectivity index (χ0v) is 32.3. The molecule has 8 rings (SSSR count). The molecule has 0 bridgehead atoms. The van der Waals surface area contributed by atoms with Gasteiger partial charge in [0.2, 0.25) is 0 Å². The highest BCUT2D eigenvalue weighted by molar-refractivity contribution is 7.23. The molecule has 0 aliphatic carbocycles. The number of thiophene rings is 1. The number of rotatable bonds is 7. The molecule has 1 amide bonds. The van der Waals surface area contributed by atoms with Gasteiger partial charge in [0.1, 0.15) is 52.9 Å². The first kappa shape index (κ1) is 39.2. The Labute approximate surface area is 332 Å². The Morgan fingerprint density at radius 2 is 1.95 bits per heavy atom. The molecule has 19 heteroatoms. The number of nitriles is 2. The van der Waals surface area contributed by atoms with Crippen molar-refractivity contribution in [3.05, 3.63) is 58.7 Å². The Bertz CT molecular complexity index is 2580. The van der Waals surface area contributed by atoms with Crippen molar-refractivity contribution in [1.29, 1.82) is 10.5 Å². The lowest BCUT2D eigenvalue weighted by molar-refractivity contribution is -0.137. The first-order valence-corrected chi connectivity index (χ1v) is 19.5. The SMILES string of the molecule is CCN(c1nc(OC[C@@]23CCCN2C[C@H](F)C3)nc2c(F)c(-c3ccc(F)c4sc(N)c(C#N)c34)c(C(F)(F)F)cc12)[C@@H]1CCN(C(=O)n2cc(C#N)nc2C)[C@@H]1C. The summed E-state index contributed by atoms with van der Waals surface area (Å²) in [5.74, 6) is -2.06. The number of halogens is 6. The number of nitrogens with zero attached hydrogens (tertiary/aromatic N) is 9. The Morgan fingerprint density at radius 3 is 2.64 bits per heavy atom. The number of aryl methyl sites for hydroxylation is 1. The van der Waals surface area contributed by atoms with E-state index in [-0.39, 0.29) is 76.2 Å². The van der Waals surface area contributed by atoms with Crippen LogP contribution >= 0.6 is 11.3 Å². The van der Waals surface area contributed by atoms with Gasteiger partial charge in [0, 0.05) is 42.4 Å². The Morgan fingerprint density at radius 1 is 1.17 bits per heavy atom. The van der Waals surface area contributed by atoms with Crippen LogP contribution in [-0.4, -0.2) is 91.9 Å². The van der Waals surface area contributed by atoms with Gasteiger partial charge in [0.05, 0.1) is 39.6 Å². The molecule has 6 heterocycles. The van der Waals surface area contributed by atoms with Gasteiger partial charge < -0.3 is 20.3 Å². The van der Waals surface area contributed by atoms with E-state index in [1.54, 1.807) is 30.6 Å². The molecular formula is C39H36F6N10O2S. The highest BCUT2D eigenvalue weighted by Gasteiger charge is 2.50. The number of likely N-dealkylation sites (tertiary alicyclic amines) is 1. The summed E-state index contributed by atoms with van der Waals surface area (Å²) in [5.41, 5.74) is 1.76. The maximum Gasteiger partial charge on any atom is 0.417 e. The number of ether oxygens (including phenoxy) is 1. The van der Waals surface area contributed by atoms with E-state index in [2.05, 4.69) is 15.0 Å². The van der Waals surface area contributed by atoms with Crippen LogP contribution in [0.3, 0.4) is 0 Å². The lowest BCUT2D eigenvalue weighted by Gasteiger charge is -2.35. The minimum atomic E-state index is -5.17. The van der Waals surface area contributed by atoms with E-state index in [0.717, 1.165) is 24.6 Å². The molecule has 0 spiro atoms. The molecule has 2 aromatic carbocycles. The Hall–Kier alpha value is -5.66. The Balaban J connectivity index is 1.31. The third kappa shape index (κ3) is 6.22. The fourth-order valence-corrected chi connectivity index (χ4v) is 10.1. The number of hydrogen-bond acceptors (Lipinski definition) is 11. The molecule has 12 nitrogen and oxygen atoms in total. The summed E-state index contributed by atoms with van der Waals surface area (Å²) < 4.78 is 100. The van der Waals surface area contributed by atoms with Gasteiger partial charge in [-0.25, -0.2) is 22.9 Å². The van der Waals surface area contributed by atoms with Gasteiger partial charge >= 0.3 is 18.2 Å². The molecule has 3 aliphatic heterocycles. The van der Waals surface area contributed by atoms with E-state index in [4.69, 9.17) is 10.5 Å². The fraction of sp³-hybridized carbons (Fsp3) is 0.436. The van der Waals surface area contributed by atoms with Crippen molar-refractivity contribution < 1.29 is 35.9 Å². The molecule has 3 aromatic heterocycles. The van der Waals surface area contributed by atoms with Crippen LogP contribution in [0.25, 0.3) is 32.1 Å². The summed E-state index contributed by atoms with van der Waals surface area (Å²) in [6.07, 6.45) is -2.96. The molecule has 58 heavy (non-hydrogen) atoms.